The van der Waals surface area contributed by atoms with Crippen molar-refractivity contribution in [2.24, 2.45) is 0 Å². The number of carbonyl (C=O) groups is 2. The average Bonchev–Trinajstić information content (AvgIpc) is 2.96. The molecular weight excluding hydrogens is 287 g/mol. The second kappa shape index (κ2) is 6.85. The molecule has 2 N–H and O–H groups in total. The first-order valence-corrected chi connectivity index (χ1v) is 5.72. The normalized spacial score (nSPS) is 10.5. The Labute approximate surface area is 118 Å². The summed E-state index contributed by atoms with van der Waals surface area (Å²) < 4.78 is 38.3. The van der Waals surface area contributed by atoms with Crippen molar-refractivity contribution in [2.45, 2.75) is 6.18 Å². The number of hydrogen-bond acceptors (Lipinski definition) is 3. The number of nitrogens with one attached hydrogen (secondary N) is 1. The number of halogens is 3. The Balaban J connectivity index is 0.00000106. The number of aliphatic hydroxyl groups excluding tert-OH is 1. The predicted molar refractivity (Wildman–Crippen MR) is 69.2 cm³/mol. The van der Waals surface area contributed by atoms with Gasteiger partial charge in [-0.05, 0) is 12.1 Å². The van der Waals surface area contributed by atoms with Crippen LogP contribution in [-0.2, 0) is 6.18 Å². The molecule has 112 valence electrons. The second-order valence-electron chi connectivity index (χ2n) is 3.83. The van der Waals surface area contributed by atoms with Crippen molar-refractivity contribution in [1.29, 1.82) is 0 Å². The van der Waals surface area contributed by atoms with E-state index in [2.05, 4.69) is 4.98 Å². The number of carbonyl (C=O) groups excluding carboxylic acids is 2. The Bertz CT molecular complexity index is 632. The number of rotatable bonds is 3. The molecule has 0 aliphatic carbocycles. The molecule has 0 saturated carbocycles. The highest BCUT2D eigenvalue weighted by atomic mass is 19.4. The van der Waals surface area contributed by atoms with Crippen molar-refractivity contribution in [2.75, 3.05) is 7.11 Å². The van der Waals surface area contributed by atoms with Gasteiger partial charge in [0.05, 0.1) is 11.3 Å². The van der Waals surface area contributed by atoms with E-state index in [1.165, 1.54) is 24.4 Å². The molecule has 2 aromatic rings. The van der Waals surface area contributed by atoms with Gasteiger partial charge in [0.25, 0.3) is 0 Å². The fourth-order valence-corrected chi connectivity index (χ4v) is 1.69. The van der Waals surface area contributed by atoms with Crippen LogP contribution in [0.4, 0.5) is 13.2 Å². The summed E-state index contributed by atoms with van der Waals surface area (Å²) in [6.07, 6.45) is -2.91. The van der Waals surface area contributed by atoms with Crippen molar-refractivity contribution >= 4 is 12.1 Å². The first-order valence-electron chi connectivity index (χ1n) is 5.72. The molecular formula is C14H12F3NO3. The molecule has 21 heavy (non-hydrogen) atoms. The van der Waals surface area contributed by atoms with E-state index in [9.17, 15) is 22.8 Å². The van der Waals surface area contributed by atoms with E-state index in [0.29, 0.717) is 6.29 Å². The van der Waals surface area contributed by atoms with Crippen LogP contribution in [-0.4, -0.2) is 29.3 Å². The van der Waals surface area contributed by atoms with Gasteiger partial charge >= 0.3 is 6.18 Å². The Morgan fingerprint density at radius 1 is 1.24 bits per heavy atom. The summed E-state index contributed by atoms with van der Waals surface area (Å²) >= 11 is 0. The highest BCUT2D eigenvalue weighted by Crippen LogP contribution is 2.32. The lowest BCUT2D eigenvalue weighted by atomic mass is 9.99. The van der Waals surface area contributed by atoms with Crippen LogP contribution in [0, 0.1) is 0 Å². The van der Waals surface area contributed by atoms with Gasteiger partial charge < -0.3 is 10.1 Å². The third kappa shape index (κ3) is 3.79. The molecule has 0 atom stereocenters. The monoisotopic (exact) mass is 299 g/mol. The topological polar surface area (TPSA) is 70.2 Å². The second-order valence-corrected chi connectivity index (χ2v) is 3.83. The van der Waals surface area contributed by atoms with Crippen molar-refractivity contribution in [3.8, 4) is 0 Å². The van der Waals surface area contributed by atoms with Crippen LogP contribution in [0.5, 0.6) is 0 Å². The summed E-state index contributed by atoms with van der Waals surface area (Å²) in [5.41, 5.74) is -1.29. The van der Waals surface area contributed by atoms with Crippen LogP contribution >= 0.6 is 0 Å². The molecule has 1 heterocycles. The Morgan fingerprint density at radius 2 is 1.86 bits per heavy atom. The van der Waals surface area contributed by atoms with Crippen LogP contribution in [0.1, 0.15) is 32.0 Å². The van der Waals surface area contributed by atoms with Gasteiger partial charge in [-0.1, -0.05) is 18.2 Å². The minimum absolute atomic E-state index is 0.0128. The molecule has 4 nitrogen and oxygen atoms in total. The lowest BCUT2D eigenvalue weighted by Crippen LogP contribution is -2.13. The van der Waals surface area contributed by atoms with Crippen LogP contribution in [0.2, 0.25) is 0 Å². The summed E-state index contributed by atoms with van der Waals surface area (Å²) in [4.78, 5) is 25.0. The lowest BCUT2D eigenvalue weighted by Gasteiger charge is -2.10. The summed E-state index contributed by atoms with van der Waals surface area (Å²) in [5, 5.41) is 7.00. The van der Waals surface area contributed by atoms with E-state index in [1.807, 2.05) is 0 Å². The van der Waals surface area contributed by atoms with Crippen LogP contribution in [0.15, 0.2) is 36.5 Å². The third-order valence-corrected chi connectivity index (χ3v) is 2.57. The predicted octanol–water partition coefficient (Wildman–Crippen LogP) is 2.69. The smallest absolute Gasteiger partial charge is 0.400 e. The molecule has 0 saturated heterocycles. The highest BCUT2D eigenvalue weighted by Gasteiger charge is 2.35. The minimum Gasteiger partial charge on any atom is -0.400 e. The quantitative estimate of drug-likeness (QED) is 0.676. The van der Waals surface area contributed by atoms with Gasteiger partial charge in [-0.2, -0.15) is 13.2 Å². The lowest BCUT2D eigenvalue weighted by molar-refractivity contribution is -0.137. The largest absolute Gasteiger partial charge is 0.417 e. The number of alkyl halides is 3. The maximum atomic E-state index is 12.8. The molecule has 0 fully saturated rings. The number of aromatic amines is 1. The molecule has 2 rings (SSSR count). The van der Waals surface area contributed by atoms with Gasteiger partial charge in [-0.3, -0.25) is 9.59 Å². The van der Waals surface area contributed by atoms with Crippen molar-refractivity contribution in [3.05, 3.63) is 58.9 Å². The number of aldehydes is 1. The molecule has 7 heteroatoms. The molecule has 0 bridgehead atoms. The number of hydrogen-bond donors (Lipinski definition) is 2. The summed E-state index contributed by atoms with van der Waals surface area (Å²) in [5.74, 6) is -0.780. The van der Waals surface area contributed by atoms with Gasteiger partial charge in [0.15, 0.2) is 12.1 Å². The standard InChI is InChI=1S/C13H8F3NO2.CH4O/c14-13(15,16)11-4-2-1-3-10(11)12(19)8-5-9(7-18)17-6-8;1-2/h1-7,17H;2H,1H3. The fourth-order valence-electron chi connectivity index (χ4n) is 1.69. The van der Waals surface area contributed by atoms with Gasteiger partial charge in [0, 0.05) is 24.4 Å². The van der Waals surface area contributed by atoms with Crippen molar-refractivity contribution < 1.29 is 27.9 Å². The van der Waals surface area contributed by atoms with Crippen LogP contribution < -0.4 is 0 Å². The highest BCUT2D eigenvalue weighted by molar-refractivity contribution is 6.10. The van der Waals surface area contributed by atoms with Gasteiger partial charge in [0.1, 0.15) is 0 Å². The van der Waals surface area contributed by atoms with E-state index in [-0.39, 0.29) is 11.3 Å². The van der Waals surface area contributed by atoms with E-state index >= 15 is 0 Å². The summed E-state index contributed by atoms with van der Waals surface area (Å²) in [6.45, 7) is 0. The van der Waals surface area contributed by atoms with Crippen molar-refractivity contribution in [1.82, 2.24) is 4.98 Å². The maximum absolute atomic E-state index is 12.8. The molecule has 0 aliphatic heterocycles. The maximum Gasteiger partial charge on any atom is 0.417 e. The minimum atomic E-state index is -4.60. The number of H-pyrrole nitrogens is 1. The number of ketones is 1. The van der Waals surface area contributed by atoms with Crippen LogP contribution in [0.3, 0.4) is 0 Å². The van der Waals surface area contributed by atoms with E-state index in [0.717, 1.165) is 19.2 Å². The molecule has 1 aromatic heterocycles. The van der Waals surface area contributed by atoms with E-state index in [1.54, 1.807) is 0 Å². The zero-order valence-electron chi connectivity index (χ0n) is 10.9. The van der Waals surface area contributed by atoms with Gasteiger partial charge in [0.2, 0.25) is 0 Å². The Kier molecular flexibility index (Phi) is 5.43. The number of benzene rings is 1. The fraction of sp³-hybridized carbons (Fsp3) is 0.143. The zero-order chi connectivity index (χ0) is 16.0. The van der Waals surface area contributed by atoms with E-state index in [4.69, 9.17) is 5.11 Å². The van der Waals surface area contributed by atoms with E-state index < -0.39 is 23.1 Å². The number of aromatic nitrogens is 1. The molecule has 1 aromatic carbocycles. The summed E-state index contributed by atoms with van der Waals surface area (Å²) in [6, 6.07) is 5.74. The first-order chi connectivity index (χ1) is 9.93. The molecule has 0 unspecified atom stereocenters. The Hall–Kier alpha value is -2.41. The summed E-state index contributed by atoms with van der Waals surface area (Å²) in [7, 11) is 1.00. The molecule has 0 amide bonds. The zero-order valence-corrected chi connectivity index (χ0v) is 10.9. The number of aliphatic hydroxyl groups is 1. The van der Waals surface area contributed by atoms with Crippen LogP contribution in [0.25, 0.3) is 0 Å². The molecule has 0 aliphatic rings. The van der Waals surface area contributed by atoms with Crippen molar-refractivity contribution in [3.63, 3.8) is 0 Å². The molecule has 0 spiro atoms. The van der Waals surface area contributed by atoms with Gasteiger partial charge in [-0.15, -0.1) is 0 Å². The third-order valence-electron chi connectivity index (χ3n) is 2.57. The Morgan fingerprint density at radius 3 is 2.38 bits per heavy atom. The first kappa shape index (κ1) is 16.6. The molecule has 0 radical (unpaired) electrons. The van der Waals surface area contributed by atoms with Gasteiger partial charge in [-0.25, -0.2) is 0 Å². The SMILES string of the molecule is CO.O=Cc1cc(C(=O)c2ccccc2C(F)(F)F)c[nH]1. The average molecular weight is 299 g/mol.